The van der Waals surface area contributed by atoms with Crippen LogP contribution in [0.15, 0.2) is 29.5 Å². The summed E-state index contributed by atoms with van der Waals surface area (Å²) in [5, 5.41) is 10.4. The van der Waals surface area contributed by atoms with Crippen LogP contribution in [0.3, 0.4) is 0 Å². The van der Waals surface area contributed by atoms with Crippen LogP contribution in [0.4, 0.5) is 0 Å². The average molecular weight is 298 g/mol. The first-order chi connectivity index (χ1) is 8.99. The van der Waals surface area contributed by atoms with Gasteiger partial charge in [0.2, 0.25) is 0 Å². The van der Waals surface area contributed by atoms with E-state index in [-0.39, 0.29) is 5.92 Å². The monoisotopic (exact) mass is 297 g/mol. The summed E-state index contributed by atoms with van der Waals surface area (Å²) < 4.78 is 5.09. The fourth-order valence-corrected chi connectivity index (χ4v) is 2.45. The second-order valence-electron chi connectivity index (χ2n) is 4.46. The minimum Gasteiger partial charge on any atom is -0.500 e. The molecule has 4 heteroatoms. The fourth-order valence-electron chi connectivity index (χ4n) is 1.85. The predicted octanol–water partition coefficient (Wildman–Crippen LogP) is 5.32. The number of nitriles is 1. The van der Waals surface area contributed by atoms with Crippen molar-refractivity contribution in [3.8, 4) is 6.07 Å². The van der Waals surface area contributed by atoms with Gasteiger partial charge in [0.05, 0.1) is 18.8 Å². The van der Waals surface area contributed by atoms with Crippen LogP contribution in [0.2, 0.25) is 10.0 Å². The Labute approximate surface area is 124 Å². The summed E-state index contributed by atoms with van der Waals surface area (Å²) in [7, 11) is 1.58. The number of benzene rings is 1. The van der Waals surface area contributed by atoms with E-state index in [4.69, 9.17) is 33.2 Å². The molecule has 0 aromatic heterocycles. The van der Waals surface area contributed by atoms with Gasteiger partial charge >= 0.3 is 0 Å². The second kappa shape index (κ2) is 7.43. The maximum absolute atomic E-state index is 9.07. The van der Waals surface area contributed by atoms with Gasteiger partial charge in [0.15, 0.2) is 0 Å². The van der Waals surface area contributed by atoms with Gasteiger partial charge in [-0.2, -0.15) is 5.26 Å². The van der Waals surface area contributed by atoms with Crippen LogP contribution in [-0.2, 0) is 4.74 Å². The number of rotatable bonds is 5. The standard InChI is InChI=1S/C15H17Cl2NO/c1-10(4-5-12(9-18)11(2)19-3)14-7-6-13(16)8-15(14)17/h6-8,10H,4-5H2,1-3H3. The molecule has 2 nitrogen and oxygen atoms in total. The van der Waals surface area contributed by atoms with E-state index >= 15 is 0 Å². The lowest BCUT2D eigenvalue weighted by molar-refractivity contribution is 0.288. The Kier molecular flexibility index (Phi) is 6.21. The third-order valence-electron chi connectivity index (χ3n) is 3.19. The van der Waals surface area contributed by atoms with Gasteiger partial charge in [-0.3, -0.25) is 0 Å². The first-order valence-corrected chi connectivity index (χ1v) is 6.84. The molecule has 0 aliphatic rings. The van der Waals surface area contributed by atoms with E-state index < -0.39 is 0 Å². The van der Waals surface area contributed by atoms with Crippen molar-refractivity contribution >= 4 is 23.2 Å². The zero-order valence-electron chi connectivity index (χ0n) is 11.3. The van der Waals surface area contributed by atoms with Crippen molar-refractivity contribution in [1.29, 1.82) is 5.26 Å². The SMILES string of the molecule is COC(C)=C(C#N)CCC(C)c1ccc(Cl)cc1Cl. The van der Waals surface area contributed by atoms with Crippen molar-refractivity contribution in [1.82, 2.24) is 0 Å². The minimum atomic E-state index is 0.262. The lowest BCUT2D eigenvalue weighted by Gasteiger charge is -2.14. The van der Waals surface area contributed by atoms with Gasteiger partial charge in [-0.1, -0.05) is 36.2 Å². The van der Waals surface area contributed by atoms with Crippen molar-refractivity contribution in [2.45, 2.75) is 32.6 Å². The van der Waals surface area contributed by atoms with E-state index in [1.165, 1.54) is 0 Å². The first-order valence-electron chi connectivity index (χ1n) is 6.08. The summed E-state index contributed by atoms with van der Waals surface area (Å²) in [6.45, 7) is 3.89. The molecule has 0 saturated carbocycles. The van der Waals surface area contributed by atoms with Gasteiger partial charge in [-0.15, -0.1) is 0 Å². The molecular formula is C15H17Cl2NO. The number of ether oxygens (including phenoxy) is 1. The highest BCUT2D eigenvalue weighted by Crippen LogP contribution is 2.31. The van der Waals surface area contributed by atoms with Crippen LogP contribution < -0.4 is 0 Å². The number of nitrogens with zero attached hydrogens (tertiary/aromatic N) is 1. The van der Waals surface area contributed by atoms with Crippen LogP contribution in [0, 0.1) is 11.3 Å². The molecule has 0 radical (unpaired) electrons. The molecule has 0 aliphatic carbocycles. The predicted molar refractivity (Wildman–Crippen MR) is 79.4 cm³/mol. The van der Waals surface area contributed by atoms with Crippen LogP contribution in [-0.4, -0.2) is 7.11 Å². The van der Waals surface area contributed by atoms with Gasteiger partial charge in [0.1, 0.15) is 5.76 Å². The van der Waals surface area contributed by atoms with Crippen molar-refractivity contribution in [3.63, 3.8) is 0 Å². The number of hydrogen-bond acceptors (Lipinski definition) is 2. The van der Waals surface area contributed by atoms with Crippen molar-refractivity contribution in [2.24, 2.45) is 0 Å². The molecule has 0 fully saturated rings. The fraction of sp³-hybridized carbons (Fsp3) is 0.400. The number of halogens is 2. The molecule has 0 saturated heterocycles. The van der Waals surface area contributed by atoms with E-state index in [0.717, 1.165) is 12.0 Å². The van der Waals surface area contributed by atoms with Crippen LogP contribution in [0.5, 0.6) is 0 Å². The lowest BCUT2D eigenvalue weighted by Crippen LogP contribution is -1.97. The molecule has 1 atom stereocenters. The molecule has 1 aromatic carbocycles. The third-order valence-corrected chi connectivity index (χ3v) is 3.75. The molecule has 1 aromatic rings. The van der Waals surface area contributed by atoms with E-state index in [1.54, 1.807) is 20.1 Å². The summed E-state index contributed by atoms with van der Waals surface area (Å²) >= 11 is 12.1. The Morgan fingerprint density at radius 3 is 2.63 bits per heavy atom. The minimum absolute atomic E-state index is 0.262. The molecule has 1 unspecified atom stereocenters. The summed E-state index contributed by atoms with van der Waals surface area (Å²) in [5.41, 5.74) is 1.73. The Morgan fingerprint density at radius 1 is 1.42 bits per heavy atom. The molecule has 0 bridgehead atoms. The van der Waals surface area contributed by atoms with Crippen LogP contribution in [0.25, 0.3) is 0 Å². The van der Waals surface area contributed by atoms with Crippen LogP contribution in [0.1, 0.15) is 38.2 Å². The number of methoxy groups -OCH3 is 1. The largest absolute Gasteiger partial charge is 0.500 e. The van der Waals surface area contributed by atoms with Crippen LogP contribution >= 0.6 is 23.2 Å². The summed E-state index contributed by atoms with van der Waals surface area (Å²) in [4.78, 5) is 0. The molecule has 102 valence electrons. The van der Waals surface area contributed by atoms with Gasteiger partial charge in [0.25, 0.3) is 0 Å². The van der Waals surface area contributed by atoms with Crippen molar-refractivity contribution < 1.29 is 4.74 Å². The molecule has 1 rings (SSSR count). The first kappa shape index (κ1) is 15.9. The normalized spacial score (nSPS) is 13.5. The molecule has 0 amide bonds. The molecule has 0 heterocycles. The molecular weight excluding hydrogens is 281 g/mol. The van der Waals surface area contributed by atoms with E-state index in [9.17, 15) is 0 Å². The highest BCUT2D eigenvalue weighted by atomic mass is 35.5. The average Bonchev–Trinajstić information content (AvgIpc) is 2.38. The quantitative estimate of drug-likeness (QED) is 0.544. The van der Waals surface area contributed by atoms with E-state index in [2.05, 4.69) is 13.0 Å². The zero-order valence-corrected chi connectivity index (χ0v) is 12.8. The van der Waals surface area contributed by atoms with Crippen molar-refractivity contribution in [2.75, 3.05) is 7.11 Å². The smallest absolute Gasteiger partial charge is 0.106 e. The van der Waals surface area contributed by atoms with Crippen molar-refractivity contribution in [3.05, 3.63) is 45.1 Å². The molecule has 19 heavy (non-hydrogen) atoms. The maximum Gasteiger partial charge on any atom is 0.106 e. The second-order valence-corrected chi connectivity index (χ2v) is 5.30. The van der Waals surface area contributed by atoms with E-state index in [1.807, 2.05) is 12.1 Å². The Hall–Kier alpha value is -1.17. The number of allylic oxidation sites excluding steroid dienone is 2. The molecule has 0 N–H and O–H groups in total. The highest BCUT2D eigenvalue weighted by molar-refractivity contribution is 6.35. The lowest BCUT2D eigenvalue weighted by atomic mass is 9.94. The van der Waals surface area contributed by atoms with Gasteiger partial charge in [-0.05, 0) is 43.4 Å². The Bertz CT molecular complexity index is 517. The van der Waals surface area contributed by atoms with Gasteiger partial charge in [0, 0.05) is 10.0 Å². The molecule has 0 spiro atoms. The Morgan fingerprint density at radius 2 is 2.11 bits per heavy atom. The molecule has 0 aliphatic heterocycles. The highest BCUT2D eigenvalue weighted by Gasteiger charge is 2.12. The number of hydrogen-bond donors (Lipinski definition) is 0. The topological polar surface area (TPSA) is 33.0 Å². The third kappa shape index (κ3) is 4.45. The van der Waals surface area contributed by atoms with E-state index in [0.29, 0.717) is 27.8 Å². The zero-order chi connectivity index (χ0) is 14.4. The summed E-state index contributed by atoms with van der Waals surface area (Å²) in [5.74, 6) is 0.940. The Balaban J connectivity index is 2.76. The van der Waals surface area contributed by atoms with Gasteiger partial charge in [-0.25, -0.2) is 0 Å². The summed E-state index contributed by atoms with van der Waals surface area (Å²) in [6, 6.07) is 7.70. The maximum atomic E-state index is 9.07. The van der Waals surface area contributed by atoms with Gasteiger partial charge < -0.3 is 4.74 Å². The summed E-state index contributed by atoms with van der Waals surface area (Å²) in [6.07, 6.45) is 1.52.